The van der Waals surface area contributed by atoms with Crippen molar-refractivity contribution in [1.82, 2.24) is 0 Å². The van der Waals surface area contributed by atoms with Gasteiger partial charge < -0.3 is 10.4 Å². The van der Waals surface area contributed by atoms with Crippen molar-refractivity contribution in [3.05, 3.63) is 76.7 Å². The van der Waals surface area contributed by atoms with Gasteiger partial charge in [-0.15, -0.1) is 11.3 Å². The Morgan fingerprint density at radius 1 is 1.04 bits per heavy atom. The van der Waals surface area contributed by atoms with Gasteiger partial charge in [0.15, 0.2) is 0 Å². The first-order chi connectivity index (χ1) is 12.5. The number of hydrogen-bond acceptors (Lipinski definition) is 3. The highest BCUT2D eigenvalue weighted by atomic mass is 32.1. The molecule has 3 rings (SSSR count). The van der Waals surface area contributed by atoms with Crippen molar-refractivity contribution >= 4 is 28.2 Å². The Labute approximate surface area is 156 Å². The summed E-state index contributed by atoms with van der Waals surface area (Å²) in [5.41, 5.74) is 3.78. The second kappa shape index (κ2) is 7.97. The molecule has 26 heavy (non-hydrogen) atoms. The molecule has 0 fully saturated rings. The fourth-order valence-electron chi connectivity index (χ4n) is 2.70. The average Bonchev–Trinajstić information content (AvgIpc) is 3.05. The van der Waals surface area contributed by atoms with Gasteiger partial charge >= 0.3 is 5.97 Å². The van der Waals surface area contributed by atoms with Crippen LogP contribution in [0, 0.1) is 6.92 Å². The van der Waals surface area contributed by atoms with E-state index in [1.54, 1.807) is 5.38 Å². The van der Waals surface area contributed by atoms with E-state index in [1.165, 1.54) is 11.3 Å². The van der Waals surface area contributed by atoms with Gasteiger partial charge in [-0.05, 0) is 24.5 Å². The molecule has 0 atom stereocenters. The summed E-state index contributed by atoms with van der Waals surface area (Å²) in [5, 5.41) is 14.5. The molecule has 1 aromatic heterocycles. The maximum Gasteiger partial charge on any atom is 0.339 e. The molecule has 1 heterocycles. The van der Waals surface area contributed by atoms with E-state index >= 15 is 0 Å². The highest BCUT2D eigenvalue weighted by molar-refractivity contribution is 7.15. The second-order valence-electron chi connectivity index (χ2n) is 6.06. The number of aryl methyl sites for hydroxylation is 2. The number of aromatic carboxylic acids is 1. The first-order valence-corrected chi connectivity index (χ1v) is 9.18. The highest BCUT2D eigenvalue weighted by Gasteiger charge is 2.21. The summed E-state index contributed by atoms with van der Waals surface area (Å²) in [4.78, 5) is 24.0. The third-order valence-electron chi connectivity index (χ3n) is 4.10. The van der Waals surface area contributed by atoms with Gasteiger partial charge in [0, 0.05) is 17.4 Å². The molecule has 132 valence electrons. The average molecular weight is 365 g/mol. The topological polar surface area (TPSA) is 66.4 Å². The zero-order chi connectivity index (χ0) is 18.5. The molecule has 0 radical (unpaired) electrons. The molecule has 3 aromatic rings. The summed E-state index contributed by atoms with van der Waals surface area (Å²) < 4.78 is 0. The van der Waals surface area contributed by atoms with Crippen molar-refractivity contribution in [1.29, 1.82) is 0 Å². The summed E-state index contributed by atoms with van der Waals surface area (Å²) in [6.07, 6.45) is 0.923. The van der Waals surface area contributed by atoms with Crippen LogP contribution in [-0.4, -0.2) is 17.0 Å². The van der Waals surface area contributed by atoms with Crippen LogP contribution in [0.15, 0.2) is 60.0 Å². The first-order valence-electron chi connectivity index (χ1n) is 8.30. The third-order valence-corrected chi connectivity index (χ3v) is 5.00. The van der Waals surface area contributed by atoms with Crippen LogP contribution in [0.1, 0.15) is 27.9 Å². The Hall–Kier alpha value is -2.92. The van der Waals surface area contributed by atoms with Crippen molar-refractivity contribution in [3.63, 3.8) is 0 Å². The molecule has 2 aromatic carbocycles. The minimum atomic E-state index is -1.04. The minimum absolute atomic E-state index is 0.145. The lowest BCUT2D eigenvalue weighted by molar-refractivity contribution is -0.116. The third kappa shape index (κ3) is 4.18. The van der Waals surface area contributed by atoms with Crippen molar-refractivity contribution in [3.8, 4) is 11.1 Å². The van der Waals surface area contributed by atoms with Gasteiger partial charge in [-0.25, -0.2) is 4.79 Å². The van der Waals surface area contributed by atoms with E-state index in [9.17, 15) is 14.7 Å². The van der Waals surface area contributed by atoms with Crippen LogP contribution in [-0.2, 0) is 11.2 Å². The molecule has 5 heteroatoms. The predicted octanol–water partition coefficient (Wildman–Crippen LogP) is 4.99. The molecule has 0 unspecified atom stereocenters. The molecule has 0 saturated carbocycles. The SMILES string of the molecule is Cc1ccc(-c2csc(NC(=O)CCc3ccccc3)c2C(=O)O)cc1. The van der Waals surface area contributed by atoms with Crippen molar-refractivity contribution in [2.45, 2.75) is 19.8 Å². The Balaban J connectivity index is 1.76. The molecule has 0 bridgehead atoms. The summed E-state index contributed by atoms with van der Waals surface area (Å²) in [6.45, 7) is 1.98. The van der Waals surface area contributed by atoms with Crippen molar-refractivity contribution < 1.29 is 14.7 Å². The molecule has 0 aliphatic heterocycles. The molecule has 0 aliphatic rings. The fraction of sp³-hybridized carbons (Fsp3) is 0.143. The van der Waals surface area contributed by atoms with Crippen LogP contribution in [0.3, 0.4) is 0 Å². The Morgan fingerprint density at radius 3 is 2.38 bits per heavy atom. The van der Waals surface area contributed by atoms with Crippen LogP contribution in [0.2, 0.25) is 0 Å². The van der Waals surface area contributed by atoms with Crippen LogP contribution in [0.4, 0.5) is 5.00 Å². The lowest BCUT2D eigenvalue weighted by Gasteiger charge is -2.06. The number of benzene rings is 2. The highest BCUT2D eigenvalue weighted by Crippen LogP contribution is 2.35. The summed E-state index contributed by atoms with van der Waals surface area (Å²) in [6, 6.07) is 17.4. The quantitative estimate of drug-likeness (QED) is 0.646. The largest absolute Gasteiger partial charge is 0.478 e. The smallest absolute Gasteiger partial charge is 0.339 e. The molecule has 2 N–H and O–H groups in total. The zero-order valence-electron chi connectivity index (χ0n) is 14.4. The Kier molecular flexibility index (Phi) is 5.49. The maximum atomic E-state index is 12.3. The van der Waals surface area contributed by atoms with Gasteiger partial charge in [0.2, 0.25) is 5.91 Å². The van der Waals surface area contributed by atoms with Crippen molar-refractivity contribution in [2.75, 3.05) is 5.32 Å². The van der Waals surface area contributed by atoms with Gasteiger partial charge in [-0.1, -0.05) is 60.2 Å². The van der Waals surface area contributed by atoms with Crippen molar-refractivity contribution in [2.24, 2.45) is 0 Å². The number of hydrogen-bond donors (Lipinski definition) is 2. The van der Waals surface area contributed by atoms with E-state index in [0.717, 1.165) is 16.7 Å². The van der Waals surface area contributed by atoms with E-state index in [4.69, 9.17) is 0 Å². The van der Waals surface area contributed by atoms with E-state index in [0.29, 0.717) is 23.4 Å². The Morgan fingerprint density at radius 2 is 1.73 bits per heavy atom. The van der Waals surface area contributed by atoms with E-state index < -0.39 is 5.97 Å². The van der Waals surface area contributed by atoms with Gasteiger partial charge in [0.05, 0.1) is 0 Å². The zero-order valence-corrected chi connectivity index (χ0v) is 15.2. The predicted molar refractivity (Wildman–Crippen MR) is 105 cm³/mol. The summed E-state index contributed by atoms with van der Waals surface area (Å²) in [5.74, 6) is -1.23. The molecule has 0 aliphatic carbocycles. The van der Waals surface area contributed by atoms with Gasteiger partial charge in [0.1, 0.15) is 10.6 Å². The number of thiophene rings is 1. The summed E-state index contributed by atoms with van der Waals surface area (Å²) >= 11 is 1.24. The van der Waals surface area contributed by atoms with Crippen LogP contribution in [0.5, 0.6) is 0 Å². The standard InChI is InChI=1S/C21H19NO3S/c1-14-7-10-16(11-8-14)17-13-26-20(19(17)21(24)25)22-18(23)12-9-15-5-3-2-4-6-15/h2-8,10-11,13H,9,12H2,1H3,(H,22,23)(H,24,25). The molecule has 1 amide bonds. The number of anilines is 1. The number of carbonyl (C=O) groups excluding carboxylic acids is 1. The lowest BCUT2D eigenvalue weighted by Crippen LogP contribution is -2.14. The van der Waals surface area contributed by atoms with Crippen LogP contribution in [0.25, 0.3) is 11.1 Å². The van der Waals surface area contributed by atoms with E-state index in [2.05, 4.69) is 5.32 Å². The normalized spacial score (nSPS) is 10.5. The van der Waals surface area contributed by atoms with Gasteiger partial charge in [-0.3, -0.25) is 4.79 Å². The second-order valence-corrected chi connectivity index (χ2v) is 6.94. The van der Waals surface area contributed by atoms with Gasteiger partial charge in [-0.2, -0.15) is 0 Å². The monoisotopic (exact) mass is 365 g/mol. The van der Waals surface area contributed by atoms with E-state index in [1.807, 2.05) is 61.5 Å². The maximum absolute atomic E-state index is 12.3. The molecular weight excluding hydrogens is 346 g/mol. The minimum Gasteiger partial charge on any atom is -0.478 e. The molecule has 0 spiro atoms. The first kappa shape index (κ1) is 17.9. The number of rotatable bonds is 6. The molecule has 0 saturated heterocycles. The number of carboxylic acids is 1. The fourth-order valence-corrected chi connectivity index (χ4v) is 3.68. The molecule has 4 nitrogen and oxygen atoms in total. The Bertz CT molecular complexity index is 914. The summed E-state index contributed by atoms with van der Waals surface area (Å²) in [7, 11) is 0. The number of nitrogens with one attached hydrogen (secondary N) is 1. The van der Waals surface area contributed by atoms with Gasteiger partial charge in [0.25, 0.3) is 0 Å². The number of carboxylic acid groups (broad SMARTS) is 1. The van der Waals surface area contributed by atoms with Crippen LogP contribution >= 0.6 is 11.3 Å². The number of carbonyl (C=O) groups is 2. The van der Waals surface area contributed by atoms with E-state index in [-0.39, 0.29) is 11.5 Å². The number of amides is 1. The molecular formula is C21H19NO3S. The lowest BCUT2D eigenvalue weighted by atomic mass is 10.0. The van der Waals surface area contributed by atoms with Crippen LogP contribution < -0.4 is 5.32 Å².